The van der Waals surface area contributed by atoms with Gasteiger partial charge in [-0.25, -0.2) is 4.79 Å². The Morgan fingerprint density at radius 1 is 1.12 bits per heavy atom. The fourth-order valence-corrected chi connectivity index (χ4v) is 2.33. The monoisotopic (exact) mass is 210 g/mol. The Kier molecular flexibility index (Phi) is 1.69. The minimum atomic E-state index is -0.866. The average Bonchev–Trinajstić information content (AvgIpc) is 2.62. The van der Waals surface area contributed by atoms with Crippen molar-refractivity contribution in [2.75, 3.05) is 0 Å². The normalized spacial score (nSPS) is 12.3. The first-order valence-electron chi connectivity index (χ1n) is 5.15. The van der Waals surface area contributed by atoms with Gasteiger partial charge in [0.05, 0.1) is 5.56 Å². The Morgan fingerprint density at radius 2 is 1.88 bits per heavy atom. The molecule has 78 valence electrons. The number of hydrogen-bond donors (Lipinski definition) is 1. The third-order valence-electron chi connectivity index (χ3n) is 2.99. The van der Waals surface area contributed by atoms with E-state index in [1.165, 1.54) is 0 Å². The molecule has 0 saturated carbocycles. The molecule has 2 aromatic rings. The van der Waals surface area contributed by atoms with Crippen LogP contribution in [0.4, 0.5) is 0 Å². The zero-order chi connectivity index (χ0) is 11.3. The number of benzene rings is 2. The van der Waals surface area contributed by atoms with Crippen LogP contribution < -0.4 is 0 Å². The van der Waals surface area contributed by atoms with Crippen molar-refractivity contribution in [1.82, 2.24) is 0 Å². The number of rotatable bonds is 1. The first kappa shape index (κ1) is 9.16. The van der Waals surface area contributed by atoms with Gasteiger partial charge in [-0.1, -0.05) is 30.4 Å². The van der Waals surface area contributed by atoms with E-state index in [1.54, 1.807) is 6.07 Å². The second kappa shape index (κ2) is 2.95. The maximum absolute atomic E-state index is 11.1. The quantitative estimate of drug-likeness (QED) is 0.668. The molecule has 0 unspecified atom stereocenters. The summed E-state index contributed by atoms with van der Waals surface area (Å²) in [6.07, 6.45) is 4.07. The van der Waals surface area contributed by atoms with Crippen LogP contribution in [0, 0.1) is 6.92 Å². The molecule has 1 N–H and O–H groups in total. The summed E-state index contributed by atoms with van der Waals surface area (Å²) in [7, 11) is 0. The Hall–Kier alpha value is -2.09. The van der Waals surface area contributed by atoms with Gasteiger partial charge in [0.1, 0.15) is 0 Å². The largest absolute Gasteiger partial charge is 0.478 e. The Morgan fingerprint density at radius 3 is 2.62 bits per heavy atom. The van der Waals surface area contributed by atoms with Crippen molar-refractivity contribution < 1.29 is 9.90 Å². The van der Waals surface area contributed by atoms with Crippen molar-refractivity contribution in [1.29, 1.82) is 0 Å². The maximum Gasteiger partial charge on any atom is 0.336 e. The van der Waals surface area contributed by atoms with Crippen molar-refractivity contribution in [3.8, 4) is 0 Å². The summed E-state index contributed by atoms with van der Waals surface area (Å²) in [4.78, 5) is 11.1. The molecule has 16 heavy (non-hydrogen) atoms. The van der Waals surface area contributed by atoms with Crippen molar-refractivity contribution in [2.24, 2.45) is 0 Å². The molecule has 2 nitrogen and oxygen atoms in total. The molecule has 0 saturated heterocycles. The second-order valence-electron chi connectivity index (χ2n) is 4.12. The summed E-state index contributed by atoms with van der Waals surface area (Å²) in [5.41, 5.74) is 3.70. The molecule has 2 heteroatoms. The van der Waals surface area contributed by atoms with E-state index in [1.807, 2.05) is 31.2 Å². The lowest BCUT2D eigenvalue weighted by Crippen LogP contribution is -1.98. The van der Waals surface area contributed by atoms with Gasteiger partial charge in [-0.15, -0.1) is 0 Å². The summed E-state index contributed by atoms with van der Waals surface area (Å²) >= 11 is 0. The lowest BCUT2D eigenvalue weighted by molar-refractivity contribution is 0.0699. The minimum absolute atomic E-state index is 0.382. The van der Waals surface area contributed by atoms with Gasteiger partial charge >= 0.3 is 5.97 Å². The Bertz CT molecular complexity index is 651. The van der Waals surface area contributed by atoms with Crippen LogP contribution in [0.25, 0.3) is 22.9 Å². The summed E-state index contributed by atoms with van der Waals surface area (Å²) < 4.78 is 0. The Labute approximate surface area is 92.8 Å². The highest BCUT2D eigenvalue weighted by Crippen LogP contribution is 2.34. The number of carbonyl (C=O) groups is 1. The van der Waals surface area contributed by atoms with Crippen LogP contribution >= 0.6 is 0 Å². The molecule has 1 aliphatic carbocycles. The first-order chi connectivity index (χ1) is 7.66. The molecule has 0 radical (unpaired) electrons. The standard InChI is InChI=1S/C14H10O2/c1-8-6-10-3-2-9-4-5-11(14(15)16)12(7-8)13(9)10/h2-7H,1H3,(H,15,16). The van der Waals surface area contributed by atoms with E-state index < -0.39 is 5.97 Å². The van der Waals surface area contributed by atoms with Crippen LogP contribution in [0.3, 0.4) is 0 Å². The van der Waals surface area contributed by atoms with E-state index >= 15 is 0 Å². The summed E-state index contributed by atoms with van der Waals surface area (Å²) in [6.45, 7) is 1.99. The van der Waals surface area contributed by atoms with Crippen molar-refractivity contribution in [3.63, 3.8) is 0 Å². The smallest absolute Gasteiger partial charge is 0.336 e. The van der Waals surface area contributed by atoms with Crippen LogP contribution in [0.15, 0.2) is 24.3 Å². The molecule has 3 rings (SSSR count). The van der Waals surface area contributed by atoms with E-state index in [2.05, 4.69) is 6.07 Å². The van der Waals surface area contributed by atoms with E-state index in [0.29, 0.717) is 5.56 Å². The van der Waals surface area contributed by atoms with Crippen molar-refractivity contribution in [3.05, 3.63) is 46.5 Å². The van der Waals surface area contributed by atoms with Gasteiger partial charge in [-0.3, -0.25) is 0 Å². The maximum atomic E-state index is 11.1. The van der Waals surface area contributed by atoms with Crippen LogP contribution in [0.2, 0.25) is 0 Å². The number of aryl methyl sites for hydroxylation is 1. The molecule has 0 aliphatic heterocycles. The van der Waals surface area contributed by atoms with Crippen molar-refractivity contribution in [2.45, 2.75) is 6.92 Å². The fourth-order valence-electron chi connectivity index (χ4n) is 2.33. The lowest BCUT2D eigenvalue weighted by atomic mass is 9.97. The molecular formula is C14H10O2. The van der Waals surface area contributed by atoms with Gasteiger partial charge in [-0.05, 0) is 40.5 Å². The van der Waals surface area contributed by atoms with E-state index in [0.717, 1.165) is 27.5 Å². The third-order valence-corrected chi connectivity index (χ3v) is 2.99. The number of carboxylic acid groups (broad SMARTS) is 1. The molecule has 1 aliphatic rings. The topological polar surface area (TPSA) is 37.3 Å². The number of hydrogen-bond acceptors (Lipinski definition) is 1. The summed E-state index contributed by atoms with van der Waals surface area (Å²) in [5, 5.41) is 11.1. The zero-order valence-electron chi connectivity index (χ0n) is 8.82. The van der Waals surface area contributed by atoms with Gasteiger partial charge < -0.3 is 5.11 Å². The van der Waals surface area contributed by atoms with Crippen LogP contribution in [-0.2, 0) is 0 Å². The lowest BCUT2D eigenvalue weighted by Gasteiger charge is -2.07. The molecule has 0 amide bonds. The third kappa shape index (κ3) is 1.10. The molecule has 0 heterocycles. The highest BCUT2D eigenvalue weighted by Gasteiger charge is 2.15. The molecule has 0 spiro atoms. The van der Waals surface area contributed by atoms with Crippen LogP contribution in [0.5, 0.6) is 0 Å². The molecule has 2 aromatic carbocycles. The second-order valence-corrected chi connectivity index (χ2v) is 4.12. The van der Waals surface area contributed by atoms with E-state index in [4.69, 9.17) is 5.11 Å². The predicted molar refractivity (Wildman–Crippen MR) is 64.6 cm³/mol. The fraction of sp³-hybridized carbons (Fsp3) is 0.0714. The number of carboxylic acids is 1. The summed E-state index contributed by atoms with van der Waals surface area (Å²) in [6, 6.07) is 7.58. The molecule has 0 bridgehead atoms. The highest BCUT2D eigenvalue weighted by molar-refractivity contribution is 6.12. The SMILES string of the molecule is Cc1cc2c3c(ccc(C(=O)O)c3c1)C=C2. The molecular weight excluding hydrogens is 200 g/mol. The van der Waals surface area contributed by atoms with Gasteiger partial charge in [0, 0.05) is 0 Å². The summed E-state index contributed by atoms with van der Waals surface area (Å²) in [5.74, 6) is -0.866. The van der Waals surface area contributed by atoms with Crippen molar-refractivity contribution >= 4 is 28.9 Å². The van der Waals surface area contributed by atoms with E-state index in [9.17, 15) is 4.79 Å². The average molecular weight is 210 g/mol. The van der Waals surface area contributed by atoms with Gasteiger partial charge in [0.25, 0.3) is 0 Å². The first-order valence-corrected chi connectivity index (χ1v) is 5.15. The highest BCUT2D eigenvalue weighted by atomic mass is 16.4. The molecule has 0 atom stereocenters. The van der Waals surface area contributed by atoms with Gasteiger partial charge in [0.2, 0.25) is 0 Å². The van der Waals surface area contributed by atoms with Gasteiger partial charge in [0.15, 0.2) is 0 Å². The van der Waals surface area contributed by atoms with Gasteiger partial charge in [-0.2, -0.15) is 0 Å². The number of aromatic carboxylic acids is 1. The van der Waals surface area contributed by atoms with Crippen LogP contribution in [-0.4, -0.2) is 11.1 Å². The van der Waals surface area contributed by atoms with Crippen LogP contribution in [0.1, 0.15) is 27.0 Å². The molecule has 0 fully saturated rings. The Balaban J connectivity index is 2.52. The van der Waals surface area contributed by atoms with E-state index in [-0.39, 0.29) is 0 Å². The minimum Gasteiger partial charge on any atom is -0.478 e. The zero-order valence-corrected chi connectivity index (χ0v) is 8.82. The molecule has 0 aromatic heterocycles. The predicted octanol–water partition coefficient (Wildman–Crippen LogP) is 3.33.